The van der Waals surface area contributed by atoms with Crippen LogP contribution in [0.5, 0.6) is 0 Å². The van der Waals surface area contributed by atoms with Crippen molar-refractivity contribution >= 4 is 33.2 Å². The lowest BCUT2D eigenvalue weighted by molar-refractivity contribution is 0.0943. The number of anilines is 2. The van der Waals surface area contributed by atoms with Crippen molar-refractivity contribution in [3.8, 4) is 0 Å². The summed E-state index contributed by atoms with van der Waals surface area (Å²) in [5.74, 6) is 0.445. The van der Waals surface area contributed by atoms with Gasteiger partial charge < -0.3 is 15.1 Å². The van der Waals surface area contributed by atoms with Crippen LogP contribution in [-0.2, 0) is 6.54 Å². The highest BCUT2D eigenvalue weighted by molar-refractivity contribution is 9.10. The van der Waals surface area contributed by atoms with Crippen molar-refractivity contribution in [1.29, 1.82) is 0 Å². The third kappa shape index (κ3) is 4.20. The number of aromatic nitrogens is 1. The Labute approximate surface area is 141 Å². The molecular formula is C17H14BrN3O2. The number of rotatable bonds is 5. The number of hydrogen-bond donors (Lipinski definition) is 2. The highest BCUT2D eigenvalue weighted by Gasteiger charge is 2.08. The number of carbonyl (C=O) groups excluding carboxylic acids is 1. The predicted molar refractivity (Wildman–Crippen MR) is 91.5 cm³/mol. The quantitative estimate of drug-likeness (QED) is 0.707. The number of hydrogen-bond acceptors (Lipinski definition) is 4. The van der Waals surface area contributed by atoms with Crippen LogP contribution in [0.2, 0.25) is 0 Å². The van der Waals surface area contributed by atoms with Gasteiger partial charge in [-0.05, 0) is 42.5 Å². The average molecular weight is 372 g/mol. The maximum absolute atomic E-state index is 12.1. The number of nitrogens with zero attached hydrogens (tertiary/aromatic N) is 1. The second kappa shape index (κ2) is 7.11. The minimum atomic E-state index is -0.251. The third-order valence-electron chi connectivity index (χ3n) is 3.11. The molecule has 3 aromatic rings. The number of furan rings is 1. The van der Waals surface area contributed by atoms with Gasteiger partial charge in [-0.25, -0.2) is 0 Å². The molecule has 2 aromatic heterocycles. The summed E-state index contributed by atoms with van der Waals surface area (Å²) >= 11 is 3.43. The fourth-order valence-corrected chi connectivity index (χ4v) is 2.44. The molecule has 0 aliphatic carbocycles. The molecule has 3 rings (SSSR count). The molecule has 0 aliphatic heterocycles. The van der Waals surface area contributed by atoms with Crippen LogP contribution >= 0.6 is 15.9 Å². The molecule has 0 aliphatic rings. The first-order chi connectivity index (χ1) is 11.2. The summed E-state index contributed by atoms with van der Waals surface area (Å²) in [6.07, 6.45) is 3.17. The van der Waals surface area contributed by atoms with Crippen molar-refractivity contribution in [2.24, 2.45) is 0 Å². The van der Waals surface area contributed by atoms with E-state index in [0.717, 1.165) is 15.8 Å². The van der Waals surface area contributed by atoms with Gasteiger partial charge in [0.1, 0.15) is 11.5 Å². The van der Waals surface area contributed by atoms with Crippen molar-refractivity contribution in [2.75, 3.05) is 5.32 Å². The lowest BCUT2D eigenvalue weighted by Gasteiger charge is -2.08. The molecule has 0 radical (unpaired) electrons. The smallest absolute Gasteiger partial charge is 0.270 e. The lowest BCUT2D eigenvalue weighted by atomic mass is 10.2. The molecule has 0 bridgehead atoms. The Morgan fingerprint density at radius 2 is 2.00 bits per heavy atom. The van der Waals surface area contributed by atoms with Crippen LogP contribution < -0.4 is 10.6 Å². The van der Waals surface area contributed by atoms with Gasteiger partial charge in [-0.15, -0.1) is 0 Å². The molecule has 1 aromatic carbocycles. The first-order valence-electron chi connectivity index (χ1n) is 7.00. The van der Waals surface area contributed by atoms with Gasteiger partial charge in [0.05, 0.1) is 12.8 Å². The van der Waals surface area contributed by atoms with Gasteiger partial charge in [0.15, 0.2) is 0 Å². The number of amides is 1. The maximum atomic E-state index is 12.1. The number of benzene rings is 1. The number of carbonyl (C=O) groups is 1. The fraction of sp³-hybridized carbons (Fsp3) is 0.0588. The van der Waals surface area contributed by atoms with Gasteiger partial charge >= 0.3 is 0 Å². The van der Waals surface area contributed by atoms with E-state index in [4.69, 9.17) is 4.42 Å². The zero-order valence-electron chi connectivity index (χ0n) is 12.1. The third-order valence-corrected chi connectivity index (χ3v) is 3.60. The molecule has 2 heterocycles. The van der Waals surface area contributed by atoms with Gasteiger partial charge in [-0.1, -0.05) is 22.0 Å². The van der Waals surface area contributed by atoms with Gasteiger partial charge in [-0.2, -0.15) is 0 Å². The Morgan fingerprint density at radius 1 is 1.13 bits per heavy atom. The largest absolute Gasteiger partial charge is 0.467 e. The molecule has 23 heavy (non-hydrogen) atoms. The SMILES string of the molecule is O=C(NCc1ccco1)c1cc(Nc2cccc(Br)c2)ccn1. The van der Waals surface area contributed by atoms with E-state index in [1.54, 1.807) is 30.7 Å². The van der Waals surface area contributed by atoms with E-state index >= 15 is 0 Å². The van der Waals surface area contributed by atoms with Crippen molar-refractivity contribution < 1.29 is 9.21 Å². The first kappa shape index (κ1) is 15.3. The van der Waals surface area contributed by atoms with Gasteiger partial charge in [-0.3, -0.25) is 9.78 Å². The molecule has 0 spiro atoms. The number of nitrogens with one attached hydrogen (secondary N) is 2. The van der Waals surface area contributed by atoms with Crippen LogP contribution in [0, 0.1) is 0 Å². The van der Waals surface area contributed by atoms with Crippen LogP contribution in [-0.4, -0.2) is 10.9 Å². The minimum Gasteiger partial charge on any atom is -0.467 e. The molecule has 0 atom stereocenters. The minimum absolute atomic E-state index is 0.251. The molecule has 0 unspecified atom stereocenters. The van der Waals surface area contributed by atoms with Gasteiger partial charge in [0.2, 0.25) is 0 Å². The van der Waals surface area contributed by atoms with E-state index in [1.807, 2.05) is 30.3 Å². The summed E-state index contributed by atoms with van der Waals surface area (Å²) in [5.41, 5.74) is 2.06. The second-order valence-corrected chi connectivity index (χ2v) is 5.74. The zero-order valence-corrected chi connectivity index (χ0v) is 13.7. The molecule has 116 valence electrons. The summed E-state index contributed by atoms with van der Waals surface area (Å²) in [6.45, 7) is 0.330. The van der Waals surface area contributed by atoms with Crippen LogP contribution in [0.25, 0.3) is 0 Å². The molecule has 2 N–H and O–H groups in total. The average Bonchev–Trinajstić information content (AvgIpc) is 3.06. The van der Waals surface area contributed by atoms with E-state index in [9.17, 15) is 4.79 Å². The van der Waals surface area contributed by atoms with E-state index < -0.39 is 0 Å². The summed E-state index contributed by atoms with van der Waals surface area (Å²) in [6, 6.07) is 14.9. The molecule has 0 saturated heterocycles. The summed E-state index contributed by atoms with van der Waals surface area (Å²) in [4.78, 5) is 16.3. The summed E-state index contributed by atoms with van der Waals surface area (Å²) in [5, 5.41) is 6.01. The maximum Gasteiger partial charge on any atom is 0.270 e. The Hall–Kier alpha value is -2.60. The van der Waals surface area contributed by atoms with Crippen molar-refractivity contribution in [1.82, 2.24) is 10.3 Å². The predicted octanol–water partition coefficient (Wildman–Crippen LogP) is 4.11. The Bertz CT molecular complexity index is 803. The Kier molecular flexibility index (Phi) is 4.73. The Balaban J connectivity index is 1.68. The molecule has 5 nitrogen and oxygen atoms in total. The number of halogens is 1. The Morgan fingerprint density at radius 3 is 2.78 bits per heavy atom. The van der Waals surface area contributed by atoms with E-state index in [1.165, 1.54) is 0 Å². The lowest BCUT2D eigenvalue weighted by Crippen LogP contribution is -2.23. The van der Waals surface area contributed by atoms with Crippen LogP contribution in [0.4, 0.5) is 11.4 Å². The topological polar surface area (TPSA) is 67.2 Å². The monoisotopic (exact) mass is 371 g/mol. The highest BCUT2D eigenvalue weighted by Crippen LogP contribution is 2.20. The summed E-state index contributed by atoms with van der Waals surface area (Å²) in [7, 11) is 0. The van der Waals surface area contributed by atoms with Gasteiger partial charge in [0, 0.05) is 22.0 Å². The van der Waals surface area contributed by atoms with E-state index in [2.05, 4.69) is 31.5 Å². The van der Waals surface area contributed by atoms with Crippen LogP contribution in [0.3, 0.4) is 0 Å². The second-order valence-electron chi connectivity index (χ2n) is 4.83. The molecule has 0 fully saturated rings. The first-order valence-corrected chi connectivity index (χ1v) is 7.79. The van der Waals surface area contributed by atoms with E-state index in [0.29, 0.717) is 18.0 Å². The molecule has 6 heteroatoms. The van der Waals surface area contributed by atoms with Gasteiger partial charge in [0.25, 0.3) is 5.91 Å². The fourth-order valence-electron chi connectivity index (χ4n) is 2.04. The van der Waals surface area contributed by atoms with Crippen molar-refractivity contribution in [2.45, 2.75) is 6.54 Å². The highest BCUT2D eigenvalue weighted by atomic mass is 79.9. The van der Waals surface area contributed by atoms with Crippen molar-refractivity contribution in [3.05, 3.63) is 76.9 Å². The van der Waals surface area contributed by atoms with E-state index in [-0.39, 0.29) is 5.91 Å². The standard InChI is InChI=1S/C17H14BrN3O2/c18-12-3-1-4-13(9-12)21-14-6-7-19-16(10-14)17(22)20-11-15-5-2-8-23-15/h1-10H,11H2,(H,19,21)(H,20,22). The molecule has 0 saturated carbocycles. The van der Waals surface area contributed by atoms with Crippen LogP contribution in [0.15, 0.2) is 69.9 Å². The molecule has 1 amide bonds. The van der Waals surface area contributed by atoms with Crippen molar-refractivity contribution in [3.63, 3.8) is 0 Å². The zero-order chi connectivity index (χ0) is 16.1. The van der Waals surface area contributed by atoms with Crippen LogP contribution in [0.1, 0.15) is 16.2 Å². The normalized spacial score (nSPS) is 10.3. The molecular weight excluding hydrogens is 358 g/mol. The number of pyridine rings is 1. The summed E-state index contributed by atoms with van der Waals surface area (Å²) < 4.78 is 6.16.